The number of aromatic nitrogens is 3. The van der Waals surface area contributed by atoms with E-state index in [1.54, 1.807) is 97.5 Å². The van der Waals surface area contributed by atoms with Gasteiger partial charge in [0.15, 0.2) is 5.60 Å². The van der Waals surface area contributed by atoms with Gasteiger partial charge in [-0.1, -0.05) is 53.4 Å². The number of nitrogens with one attached hydrogen (secondary N) is 3. The van der Waals surface area contributed by atoms with Gasteiger partial charge in [0.1, 0.15) is 16.8 Å². The fourth-order valence-electron chi connectivity index (χ4n) is 4.12. The molecule has 1 aliphatic rings. The van der Waals surface area contributed by atoms with Gasteiger partial charge >= 0.3 is 18.3 Å². The van der Waals surface area contributed by atoms with Crippen LogP contribution in [0.15, 0.2) is 61.4 Å². The summed E-state index contributed by atoms with van der Waals surface area (Å²) in [5.74, 6) is 11.0. The molecule has 3 amide bonds. The molecule has 2 atom stereocenters. The first kappa shape index (κ1) is 51.4. The van der Waals surface area contributed by atoms with Crippen molar-refractivity contribution in [1.82, 2.24) is 15.0 Å². The third-order valence-corrected chi connectivity index (χ3v) is 5.89. The second-order valence-corrected chi connectivity index (χ2v) is 12.7. The number of hydrogen-bond donors (Lipinski definition) is 4. The second-order valence-electron chi connectivity index (χ2n) is 12.7. The SMILES string of the molecule is CC.CC.CC.CC#CC(C)(O)c1ccncc1NC(=O)OC(C)(C)C.CC#CC1(C)OC(=O)Nc2cnccc21.CC(C)(C)OC(=O)Nc1cccnc1. The first-order valence-electron chi connectivity index (χ1n) is 18.2. The summed E-state index contributed by atoms with van der Waals surface area (Å²) >= 11 is 0. The number of aliphatic hydroxyl groups is 1. The van der Waals surface area contributed by atoms with Crippen LogP contribution < -0.4 is 16.0 Å². The Labute approximate surface area is 328 Å². The van der Waals surface area contributed by atoms with Crippen molar-refractivity contribution in [2.45, 2.75) is 133 Å². The van der Waals surface area contributed by atoms with Crippen molar-refractivity contribution in [2.24, 2.45) is 0 Å². The average Bonchev–Trinajstić information content (AvgIpc) is 3.10. The van der Waals surface area contributed by atoms with Crippen molar-refractivity contribution < 1.29 is 33.7 Å². The molecule has 0 saturated heterocycles. The van der Waals surface area contributed by atoms with Crippen molar-refractivity contribution in [2.75, 3.05) is 16.0 Å². The topological polar surface area (TPSA) is 174 Å². The Kier molecular flexibility index (Phi) is 23.7. The van der Waals surface area contributed by atoms with E-state index >= 15 is 0 Å². The molecular weight excluding hydrogens is 700 g/mol. The molecule has 55 heavy (non-hydrogen) atoms. The standard InChI is InChI=1S/C15H20N2O3.C11H10N2O2.C10H14N2O2.3C2H6/c1-6-8-15(5,19)11-7-9-16-10-12(11)17-13(18)20-14(2,3)4;1-3-5-11(2)8-4-6-12-7-9(8)13-10(14)15-11;1-10(2,3)14-9(13)12-8-5-4-6-11-7-8;3*1-2/h7,9-10,19H,1-5H3,(H,17,18);4,6-7H,1-2H3,(H,13,14);4-7H,1-3H3,(H,12,13);3*1-2H3. The van der Waals surface area contributed by atoms with E-state index in [1.807, 2.05) is 62.3 Å². The number of anilines is 3. The highest BCUT2D eigenvalue weighted by molar-refractivity contribution is 5.89. The largest absolute Gasteiger partial charge is 0.444 e. The van der Waals surface area contributed by atoms with Crippen LogP contribution >= 0.6 is 0 Å². The van der Waals surface area contributed by atoms with Crippen LogP contribution in [0.1, 0.15) is 122 Å². The highest BCUT2D eigenvalue weighted by atomic mass is 16.6. The van der Waals surface area contributed by atoms with Crippen LogP contribution in [-0.4, -0.2) is 49.5 Å². The predicted molar refractivity (Wildman–Crippen MR) is 220 cm³/mol. The van der Waals surface area contributed by atoms with Gasteiger partial charge in [0.25, 0.3) is 0 Å². The fourth-order valence-corrected chi connectivity index (χ4v) is 4.12. The average molecular weight is 763 g/mol. The van der Waals surface area contributed by atoms with Crippen molar-refractivity contribution in [1.29, 1.82) is 0 Å². The number of carbonyl (C=O) groups is 3. The highest BCUT2D eigenvalue weighted by Crippen LogP contribution is 2.34. The van der Waals surface area contributed by atoms with Crippen LogP contribution in [0.4, 0.5) is 31.4 Å². The van der Waals surface area contributed by atoms with Gasteiger partial charge in [0.05, 0.1) is 35.7 Å². The van der Waals surface area contributed by atoms with Gasteiger partial charge in [-0.3, -0.25) is 30.9 Å². The van der Waals surface area contributed by atoms with E-state index in [0.717, 1.165) is 5.56 Å². The maximum absolute atomic E-state index is 11.8. The zero-order chi connectivity index (χ0) is 42.9. The molecule has 4 heterocycles. The number of fused-ring (bicyclic) bond motifs is 1. The van der Waals surface area contributed by atoms with Gasteiger partial charge in [-0.05, 0) is 93.5 Å². The Morgan fingerprint density at radius 2 is 1.31 bits per heavy atom. The molecule has 0 bridgehead atoms. The Morgan fingerprint density at radius 1 is 0.782 bits per heavy atom. The molecular formula is C42H62N6O7. The number of nitrogens with zero attached hydrogens (tertiary/aromatic N) is 3. The lowest BCUT2D eigenvalue weighted by molar-refractivity contribution is 0.0623. The molecule has 4 rings (SSSR count). The predicted octanol–water partition coefficient (Wildman–Crippen LogP) is 10.0. The van der Waals surface area contributed by atoms with Crippen molar-refractivity contribution in [3.05, 3.63) is 72.6 Å². The molecule has 2 unspecified atom stereocenters. The number of cyclic esters (lactones) is 1. The van der Waals surface area contributed by atoms with E-state index in [9.17, 15) is 19.5 Å². The van der Waals surface area contributed by atoms with Gasteiger partial charge in [0, 0.05) is 29.7 Å². The van der Waals surface area contributed by atoms with Crippen LogP contribution in [0.25, 0.3) is 0 Å². The number of amides is 3. The fraction of sp³-hybridized carbons (Fsp3) is 0.476. The minimum atomic E-state index is -1.37. The number of rotatable bonds is 3. The van der Waals surface area contributed by atoms with E-state index in [2.05, 4.69) is 54.6 Å². The maximum Gasteiger partial charge on any atom is 0.413 e. The van der Waals surface area contributed by atoms with Crippen LogP contribution in [-0.2, 0) is 25.4 Å². The molecule has 0 aromatic carbocycles. The zero-order valence-electron chi connectivity index (χ0n) is 35.5. The molecule has 3 aromatic rings. The number of pyridine rings is 3. The first-order chi connectivity index (χ1) is 25.8. The Balaban J connectivity index is 0. The van der Waals surface area contributed by atoms with Crippen LogP contribution in [0, 0.1) is 23.7 Å². The molecule has 0 spiro atoms. The molecule has 0 radical (unpaired) electrons. The van der Waals surface area contributed by atoms with Crippen molar-refractivity contribution >= 4 is 35.3 Å². The third kappa shape index (κ3) is 20.4. The van der Waals surface area contributed by atoms with Gasteiger partial charge in [-0.25, -0.2) is 14.4 Å². The summed E-state index contributed by atoms with van der Waals surface area (Å²) in [6.45, 7) is 29.4. The van der Waals surface area contributed by atoms with Crippen molar-refractivity contribution in [3.63, 3.8) is 0 Å². The van der Waals surface area contributed by atoms with E-state index in [4.69, 9.17) is 14.2 Å². The molecule has 1 aliphatic heterocycles. The molecule has 3 aromatic heterocycles. The Bertz CT molecular complexity index is 1730. The van der Waals surface area contributed by atoms with Crippen LogP contribution in [0.5, 0.6) is 0 Å². The molecule has 4 N–H and O–H groups in total. The van der Waals surface area contributed by atoms with Gasteiger partial charge in [-0.15, -0.1) is 11.8 Å². The minimum absolute atomic E-state index is 0.370. The number of carbonyl (C=O) groups excluding carboxylic acids is 3. The molecule has 302 valence electrons. The summed E-state index contributed by atoms with van der Waals surface area (Å²) in [6.07, 6.45) is 7.84. The Hall–Kier alpha value is -5.66. The smallest absolute Gasteiger partial charge is 0.413 e. The molecule has 13 nitrogen and oxygen atoms in total. The molecule has 0 aliphatic carbocycles. The van der Waals surface area contributed by atoms with E-state index < -0.39 is 40.7 Å². The summed E-state index contributed by atoms with van der Waals surface area (Å²) in [7, 11) is 0. The Morgan fingerprint density at radius 3 is 1.82 bits per heavy atom. The monoisotopic (exact) mass is 762 g/mol. The zero-order valence-corrected chi connectivity index (χ0v) is 35.5. The first-order valence-corrected chi connectivity index (χ1v) is 18.2. The van der Waals surface area contributed by atoms with Crippen LogP contribution in [0.3, 0.4) is 0 Å². The number of ether oxygens (including phenoxy) is 3. The van der Waals surface area contributed by atoms with E-state index in [-0.39, 0.29) is 0 Å². The lowest BCUT2D eigenvalue weighted by atomic mass is 9.95. The number of hydrogen-bond acceptors (Lipinski definition) is 10. The van der Waals surface area contributed by atoms with Crippen LogP contribution in [0.2, 0.25) is 0 Å². The van der Waals surface area contributed by atoms with E-state index in [1.165, 1.54) is 12.4 Å². The van der Waals surface area contributed by atoms with Crippen molar-refractivity contribution in [3.8, 4) is 23.7 Å². The normalized spacial score (nSPS) is 14.3. The maximum atomic E-state index is 11.8. The lowest BCUT2D eigenvalue weighted by Crippen LogP contribution is -2.36. The summed E-state index contributed by atoms with van der Waals surface area (Å²) in [6, 6.07) is 6.89. The second kappa shape index (κ2) is 25.4. The molecule has 13 heteroatoms. The summed E-state index contributed by atoms with van der Waals surface area (Å²) in [5.41, 5.74) is -0.392. The summed E-state index contributed by atoms with van der Waals surface area (Å²) in [4.78, 5) is 46.1. The molecule has 0 saturated carbocycles. The van der Waals surface area contributed by atoms with Gasteiger partial charge < -0.3 is 19.3 Å². The van der Waals surface area contributed by atoms with E-state index in [0.29, 0.717) is 22.6 Å². The summed E-state index contributed by atoms with van der Waals surface area (Å²) in [5, 5.41) is 18.1. The summed E-state index contributed by atoms with van der Waals surface area (Å²) < 4.78 is 15.4. The van der Waals surface area contributed by atoms with Gasteiger partial charge in [0.2, 0.25) is 0 Å². The molecule has 0 fully saturated rings. The highest BCUT2D eigenvalue weighted by Gasteiger charge is 2.36. The van der Waals surface area contributed by atoms with Gasteiger partial charge in [-0.2, -0.15) is 0 Å². The lowest BCUT2D eigenvalue weighted by Gasteiger charge is -2.30. The quantitative estimate of drug-likeness (QED) is 0.148. The minimum Gasteiger partial charge on any atom is -0.444 e. The third-order valence-electron chi connectivity index (χ3n) is 5.89.